The number of esters is 1. The molecule has 2 rings (SSSR count). The molecule has 0 saturated heterocycles. The van der Waals surface area contributed by atoms with Gasteiger partial charge in [0.05, 0.1) is 34.1 Å². The van der Waals surface area contributed by atoms with Crippen molar-refractivity contribution in [2.75, 3.05) is 11.9 Å². The number of hydrogen-bond acceptors (Lipinski definition) is 6. The SMILES string of the molecule is CCOC(=O)[C@@H](N)Cc1ccc(NC(=O)c2c(Cl)cncc2Cl)cn1. The van der Waals surface area contributed by atoms with Crippen LogP contribution in [0.1, 0.15) is 23.0 Å². The van der Waals surface area contributed by atoms with Crippen LogP contribution < -0.4 is 11.1 Å². The summed E-state index contributed by atoms with van der Waals surface area (Å²) >= 11 is 11.9. The third kappa shape index (κ3) is 5.12. The maximum Gasteiger partial charge on any atom is 0.323 e. The molecule has 132 valence electrons. The van der Waals surface area contributed by atoms with Crippen molar-refractivity contribution < 1.29 is 14.3 Å². The highest BCUT2D eigenvalue weighted by Crippen LogP contribution is 2.23. The number of halogens is 2. The molecule has 0 aliphatic carbocycles. The molecule has 0 aliphatic heterocycles. The van der Waals surface area contributed by atoms with Crippen LogP contribution in [0.5, 0.6) is 0 Å². The summed E-state index contributed by atoms with van der Waals surface area (Å²) in [6.45, 7) is 1.98. The van der Waals surface area contributed by atoms with E-state index in [9.17, 15) is 9.59 Å². The molecule has 0 bridgehead atoms. The van der Waals surface area contributed by atoms with Gasteiger partial charge in [0, 0.05) is 24.5 Å². The molecule has 2 aromatic rings. The predicted molar refractivity (Wildman–Crippen MR) is 94.8 cm³/mol. The van der Waals surface area contributed by atoms with E-state index in [2.05, 4.69) is 15.3 Å². The summed E-state index contributed by atoms with van der Waals surface area (Å²) in [4.78, 5) is 31.7. The Morgan fingerprint density at radius 1 is 1.24 bits per heavy atom. The Hall–Kier alpha value is -2.22. The summed E-state index contributed by atoms with van der Waals surface area (Å²) in [6.07, 6.45) is 4.35. The summed E-state index contributed by atoms with van der Waals surface area (Å²) in [7, 11) is 0. The minimum atomic E-state index is -0.790. The van der Waals surface area contributed by atoms with E-state index >= 15 is 0 Å². The van der Waals surface area contributed by atoms with Gasteiger partial charge >= 0.3 is 5.97 Å². The lowest BCUT2D eigenvalue weighted by molar-refractivity contribution is -0.144. The third-order valence-corrected chi connectivity index (χ3v) is 3.75. The fourth-order valence-corrected chi connectivity index (χ4v) is 2.54. The highest BCUT2D eigenvalue weighted by atomic mass is 35.5. The molecular weight excluding hydrogens is 367 g/mol. The number of amides is 1. The third-order valence-electron chi connectivity index (χ3n) is 3.18. The summed E-state index contributed by atoms with van der Waals surface area (Å²) in [5.41, 5.74) is 6.92. The number of rotatable bonds is 6. The Balaban J connectivity index is 2.03. The van der Waals surface area contributed by atoms with Crippen LogP contribution in [-0.4, -0.2) is 34.5 Å². The Morgan fingerprint density at radius 3 is 2.48 bits per heavy atom. The van der Waals surface area contributed by atoms with E-state index in [1.165, 1.54) is 18.6 Å². The van der Waals surface area contributed by atoms with Crippen molar-refractivity contribution in [3.8, 4) is 0 Å². The quantitative estimate of drug-likeness (QED) is 0.742. The van der Waals surface area contributed by atoms with Gasteiger partial charge in [0.15, 0.2) is 0 Å². The van der Waals surface area contributed by atoms with E-state index in [1.807, 2.05) is 0 Å². The molecule has 0 fully saturated rings. The molecule has 0 unspecified atom stereocenters. The fourth-order valence-electron chi connectivity index (χ4n) is 2.00. The van der Waals surface area contributed by atoms with Crippen LogP contribution in [0.4, 0.5) is 5.69 Å². The van der Waals surface area contributed by atoms with Crippen molar-refractivity contribution in [1.29, 1.82) is 0 Å². The van der Waals surface area contributed by atoms with Gasteiger partial charge in [-0.3, -0.25) is 19.6 Å². The van der Waals surface area contributed by atoms with E-state index in [1.54, 1.807) is 19.1 Å². The second kappa shape index (κ2) is 8.75. The van der Waals surface area contributed by atoms with Crippen LogP contribution in [0.15, 0.2) is 30.7 Å². The van der Waals surface area contributed by atoms with E-state index in [4.69, 9.17) is 33.7 Å². The van der Waals surface area contributed by atoms with Gasteiger partial charge in [0.2, 0.25) is 0 Å². The summed E-state index contributed by atoms with van der Waals surface area (Å²) in [5.74, 6) is -0.959. The first kappa shape index (κ1) is 19.1. The first-order chi connectivity index (χ1) is 11.9. The number of carbonyl (C=O) groups is 2. The zero-order chi connectivity index (χ0) is 18.4. The van der Waals surface area contributed by atoms with Crippen LogP contribution in [0.2, 0.25) is 10.0 Å². The zero-order valence-electron chi connectivity index (χ0n) is 13.3. The molecule has 1 atom stereocenters. The number of nitrogens with one attached hydrogen (secondary N) is 1. The summed E-state index contributed by atoms with van der Waals surface area (Å²) < 4.78 is 4.84. The lowest BCUT2D eigenvalue weighted by atomic mass is 10.1. The van der Waals surface area contributed by atoms with Crippen LogP contribution in [0, 0.1) is 0 Å². The number of nitrogens with zero attached hydrogens (tertiary/aromatic N) is 2. The molecular formula is C16H16Cl2N4O3. The van der Waals surface area contributed by atoms with Gasteiger partial charge in [-0.2, -0.15) is 0 Å². The Labute approximate surface area is 154 Å². The molecule has 0 aromatic carbocycles. The number of nitrogens with two attached hydrogens (primary N) is 1. The Morgan fingerprint density at radius 2 is 1.92 bits per heavy atom. The smallest absolute Gasteiger partial charge is 0.323 e. The minimum Gasteiger partial charge on any atom is -0.465 e. The Kier molecular flexibility index (Phi) is 6.69. The van der Waals surface area contributed by atoms with Gasteiger partial charge in [-0.25, -0.2) is 0 Å². The number of carbonyl (C=O) groups excluding carboxylic acids is 2. The zero-order valence-corrected chi connectivity index (χ0v) is 14.8. The van der Waals surface area contributed by atoms with Gasteiger partial charge in [-0.15, -0.1) is 0 Å². The van der Waals surface area contributed by atoms with Crippen molar-refractivity contribution in [2.45, 2.75) is 19.4 Å². The molecule has 2 aromatic heterocycles. The fraction of sp³-hybridized carbons (Fsp3) is 0.250. The number of anilines is 1. The highest BCUT2D eigenvalue weighted by molar-refractivity contribution is 6.40. The van der Waals surface area contributed by atoms with E-state index in [0.717, 1.165) is 0 Å². The van der Waals surface area contributed by atoms with Crippen LogP contribution in [0.3, 0.4) is 0 Å². The lowest BCUT2D eigenvalue weighted by Crippen LogP contribution is -2.34. The summed E-state index contributed by atoms with van der Waals surface area (Å²) in [6, 6.07) is 2.51. The largest absolute Gasteiger partial charge is 0.465 e. The predicted octanol–water partition coefficient (Wildman–Crippen LogP) is 2.47. The van der Waals surface area contributed by atoms with E-state index in [-0.39, 0.29) is 28.6 Å². The van der Waals surface area contributed by atoms with Gasteiger partial charge < -0.3 is 15.8 Å². The van der Waals surface area contributed by atoms with Crippen molar-refractivity contribution >= 4 is 40.8 Å². The maximum atomic E-state index is 12.3. The highest BCUT2D eigenvalue weighted by Gasteiger charge is 2.17. The maximum absolute atomic E-state index is 12.3. The van der Waals surface area contributed by atoms with Gasteiger partial charge in [0.1, 0.15) is 6.04 Å². The van der Waals surface area contributed by atoms with Crippen molar-refractivity contribution in [2.24, 2.45) is 5.73 Å². The minimum absolute atomic E-state index is 0.131. The normalized spacial score (nSPS) is 11.7. The molecule has 0 radical (unpaired) electrons. The second-order valence-electron chi connectivity index (χ2n) is 5.03. The van der Waals surface area contributed by atoms with Gasteiger partial charge in [-0.05, 0) is 19.1 Å². The van der Waals surface area contributed by atoms with Crippen molar-refractivity contribution in [3.63, 3.8) is 0 Å². The first-order valence-electron chi connectivity index (χ1n) is 7.39. The van der Waals surface area contributed by atoms with Crippen LogP contribution >= 0.6 is 23.2 Å². The van der Waals surface area contributed by atoms with Crippen LogP contribution in [-0.2, 0) is 16.0 Å². The van der Waals surface area contributed by atoms with Gasteiger partial charge in [0.25, 0.3) is 5.91 Å². The molecule has 1 amide bonds. The second-order valence-corrected chi connectivity index (χ2v) is 5.85. The molecule has 3 N–H and O–H groups in total. The van der Waals surface area contributed by atoms with Crippen molar-refractivity contribution in [1.82, 2.24) is 9.97 Å². The number of aromatic nitrogens is 2. The average Bonchev–Trinajstić information content (AvgIpc) is 2.56. The number of hydrogen-bond donors (Lipinski definition) is 2. The van der Waals surface area contributed by atoms with Gasteiger partial charge in [-0.1, -0.05) is 23.2 Å². The molecule has 9 heteroatoms. The summed E-state index contributed by atoms with van der Waals surface area (Å²) in [5, 5.41) is 2.94. The molecule has 25 heavy (non-hydrogen) atoms. The topological polar surface area (TPSA) is 107 Å². The van der Waals surface area contributed by atoms with E-state index in [0.29, 0.717) is 11.4 Å². The van der Waals surface area contributed by atoms with Crippen LogP contribution in [0.25, 0.3) is 0 Å². The molecule has 7 nitrogen and oxygen atoms in total. The molecule has 0 saturated carbocycles. The van der Waals surface area contributed by atoms with E-state index < -0.39 is 17.9 Å². The molecule has 0 spiro atoms. The molecule has 0 aliphatic rings. The Bertz CT molecular complexity index is 748. The number of ether oxygens (including phenoxy) is 1. The standard InChI is InChI=1S/C16H16Cl2N4O3/c1-2-25-16(24)13(19)5-9-3-4-10(6-21-9)22-15(23)14-11(17)7-20-8-12(14)18/h3-4,6-8,13H,2,5,19H2,1H3,(H,22,23)/t13-/m0/s1. The number of pyridine rings is 2. The van der Waals surface area contributed by atoms with Crippen molar-refractivity contribution in [3.05, 3.63) is 52.0 Å². The first-order valence-corrected chi connectivity index (χ1v) is 8.15. The lowest BCUT2D eigenvalue weighted by Gasteiger charge is -2.11. The monoisotopic (exact) mass is 382 g/mol. The average molecular weight is 383 g/mol. The molecule has 2 heterocycles.